The van der Waals surface area contributed by atoms with Crippen LogP contribution >= 0.6 is 0 Å². The summed E-state index contributed by atoms with van der Waals surface area (Å²) in [4.78, 5) is 0. The molecule has 0 saturated heterocycles. The van der Waals surface area contributed by atoms with E-state index in [9.17, 15) is 0 Å². The molecule has 0 saturated carbocycles. The van der Waals surface area contributed by atoms with E-state index >= 15 is 0 Å². The van der Waals surface area contributed by atoms with Crippen LogP contribution < -0.4 is 10.6 Å². The number of para-hydroxylation sites is 1. The summed E-state index contributed by atoms with van der Waals surface area (Å²) in [6.07, 6.45) is 1.95. The van der Waals surface area contributed by atoms with Crippen molar-refractivity contribution in [3.8, 4) is 0 Å². The van der Waals surface area contributed by atoms with Gasteiger partial charge >= 0.3 is 0 Å². The molecule has 0 fully saturated rings. The van der Waals surface area contributed by atoms with Crippen LogP contribution in [0.15, 0.2) is 30.3 Å². The van der Waals surface area contributed by atoms with Crippen molar-refractivity contribution in [2.75, 3.05) is 24.2 Å². The number of rotatable bonds is 6. The van der Waals surface area contributed by atoms with Gasteiger partial charge in [0.2, 0.25) is 5.95 Å². The molecule has 5 nitrogen and oxygen atoms in total. The van der Waals surface area contributed by atoms with Gasteiger partial charge in [-0.25, -0.2) is 0 Å². The fourth-order valence-electron chi connectivity index (χ4n) is 1.83. The molecule has 5 heteroatoms. The normalized spacial score (nSPS) is 10.3. The highest BCUT2D eigenvalue weighted by molar-refractivity contribution is 5.42. The van der Waals surface area contributed by atoms with Crippen molar-refractivity contribution in [1.29, 1.82) is 0 Å². The van der Waals surface area contributed by atoms with Gasteiger partial charge in [0.15, 0.2) is 0 Å². The van der Waals surface area contributed by atoms with E-state index in [2.05, 4.69) is 33.0 Å². The quantitative estimate of drug-likeness (QED) is 0.763. The Morgan fingerprint density at radius 1 is 1.17 bits per heavy atom. The van der Waals surface area contributed by atoms with Crippen molar-refractivity contribution >= 4 is 11.6 Å². The van der Waals surface area contributed by atoms with E-state index in [1.807, 2.05) is 36.9 Å². The van der Waals surface area contributed by atoms with Crippen molar-refractivity contribution in [3.63, 3.8) is 0 Å². The predicted molar refractivity (Wildman–Crippen MR) is 73.8 cm³/mol. The van der Waals surface area contributed by atoms with E-state index in [-0.39, 0.29) is 0 Å². The summed E-state index contributed by atoms with van der Waals surface area (Å²) in [6.45, 7) is 0.936. The molecule has 0 radical (unpaired) electrons. The summed E-state index contributed by atoms with van der Waals surface area (Å²) in [5.74, 6) is 1.82. The van der Waals surface area contributed by atoms with Crippen molar-refractivity contribution in [2.45, 2.75) is 12.8 Å². The van der Waals surface area contributed by atoms with Crippen molar-refractivity contribution < 1.29 is 0 Å². The Hall–Kier alpha value is -2.04. The molecular formula is C13H19N5. The van der Waals surface area contributed by atoms with Gasteiger partial charge in [-0.2, -0.15) is 0 Å². The first-order valence-electron chi connectivity index (χ1n) is 6.16. The standard InChI is InChI=1S/C13H19N5/c1-14-13-17-16-12(18(13)2)9-6-10-15-11-7-4-3-5-8-11/h3-5,7-8,15H,6,9-10H2,1-2H3,(H,14,17). The van der Waals surface area contributed by atoms with E-state index in [4.69, 9.17) is 0 Å². The fraction of sp³-hybridized carbons (Fsp3) is 0.385. The molecule has 0 aliphatic heterocycles. The number of hydrogen-bond donors (Lipinski definition) is 2. The van der Waals surface area contributed by atoms with E-state index in [1.54, 1.807) is 0 Å². The first-order valence-corrected chi connectivity index (χ1v) is 6.16. The molecule has 0 aliphatic carbocycles. The van der Waals surface area contributed by atoms with Gasteiger partial charge in [-0.05, 0) is 18.6 Å². The minimum Gasteiger partial charge on any atom is -0.385 e. The smallest absolute Gasteiger partial charge is 0.224 e. The highest BCUT2D eigenvalue weighted by Crippen LogP contribution is 2.08. The summed E-state index contributed by atoms with van der Waals surface area (Å²) in [5.41, 5.74) is 1.16. The van der Waals surface area contributed by atoms with E-state index in [0.717, 1.165) is 36.8 Å². The lowest BCUT2D eigenvalue weighted by molar-refractivity contribution is 0.742. The van der Waals surface area contributed by atoms with Crippen molar-refractivity contribution in [1.82, 2.24) is 14.8 Å². The third-order valence-corrected chi connectivity index (χ3v) is 2.87. The lowest BCUT2D eigenvalue weighted by Crippen LogP contribution is -2.06. The molecule has 0 unspecified atom stereocenters. The second-order valence-electron chi connectivity index (χ2n) is 4.15. The number of hydrogen-bond acceptors (Lipinski definition) is 4. The molecule has 0 bridgehead atoms. The predicted octanol–water partition coefficient (Wildman–Crippen LogP) is 1.90. The Kier molecular flexibility index (Phi) is 4.17. The van der Waals surface area contributed by atoms with E-state index in [0.29, 0.717) is 0 Å². The SMILES string of the molecule is CNc1nnc(CCCNc2ccccc2)n1C. The highest BCUT2D eigenvalue weighted by Gasteiger charge is 2.05. The van der Waals surface area contributed by atoms with Gasteiger partial charge in [0.25, 0.3) is 0 Å². The van der Waals surface area contributed by atoms with E-state index < -0.39 is 0 Å². The minimum atomic E-state index is 0.806. The van der Waals surface area contributed by atoms with Crippen LogP contribution in [0.5, 0.6) is 0 Å². The van der Waals surface area contributed by atoms with Gasteiger partial charge < -0.3 is 15.2 Å². The molecule has 1 heterocycles. The first kappa shape index (κ1) is 12.4. The summed E-state index contributed by atoms with van der Waals surface area (Å²) in [5, 5.41) is 14.6. The number of benzene rings is 1. The molecule has 1 aromatic carbocycles. The van der Waals surface area contributed by atoms with Crippen LogP contribution in [-0.4, -0.2) is 28.4 Å². The zero-order valence-electron chi connectivity index (χ0n) is 10.8. The summed E-state index contributed by atoms with van der Waals surface area (Å²) in [7, 11) is 3.83. The molecule has 0 amide bonds. The van der Waals surface area contributed by atoms with Gasteiger partial charge in [0.05, 0.1) is 0 Å². The molecule has 18 heavy (non-hydrogen) atoms. The van der Waals surface area contributed by atoms with Crippen LogP contribution in [0.1, 0.15) is 12.2 Å². The van der Waals surface area contributed by atoms with Crippen LogP contribution in [0.3, 0.4) is 0 Å². The Balaban J connectivity index is 1.77. The van der Waals surface area contributed by atoms with Crippen LogP contribution in [0.25, 0.3) is 0 Å². The zero-order chi connectivity index (χ0) is 12.8. The molecule has 0 aliphatic rings. The fourth-order valence-corrected chi connectivity index (χ4v) is 1.83. The Labute approximate surface area is 107 Å². The lowest BCUT2D eigenvalue weighted by Gasteiger charge is -2.06. The first-order chi connectivity index (χ1) is 8.81. The number of aryl methyl sites for hydroxylation is 1. The van der Waals surface area contributed by atoms with Gasteiger partial charge in [-0.1, -0.05) is 18.2 Å². The van der Waals surface area contributed by atoms with Crippen LogP contribution in [-0.2, 0) is 13.5 Å². The summed E-state index contributed by atoms with van der Waals surface area (Å²) >= 11 is 0. The molecule has 96 valence electrons. The Bertz CT molecular complexity index is 477. The van der Waals surface area contributed by atoms with E-state index in [1.165, 1.54) is 0 Å². The Morgan fingerprint density at radius 2 is 1.94 bits per heavy atom. The van der Waals surface area contributed by atoms with Crippen molar-refractivity contribution in [3.05, 3.63) is 36.2 Å². The topological polar surface area (TPSA) is 54.8 Å². The van der Waals surface area contributed by atoms with Crippen LogP contribution in [0, 0.1) is 0 Å². The number of anilines is 2. The average molecular weight is 245 g/mol. The molecule has 1 aromatic heterocycles. The lowest BCUT2D eigenvalue weighted by atomic mass is 10.2. The third-order valence-electron chi connectivity index (χ3n) is 2.87. The molecule has 2 aromatic rings. The third kappa shape index (κ3) is 3.00. The monoisotopic (exact) mass is 245 g/mol. The highest BCUT2D eigenvalue weighted by atomic mass is 15.3. The molecular weight excluding hydrogens is 226 g/mol. The number of nitrogens with zero attached hydrogens (tertiary/aromatic N) is 3. The van der Waals surface area contributed by atoms with Crippen LogP contribution in [0.4, 0.5) is 11.6 Å². The number of nitrogens with one attached hydrogen (secondary N) is 2. The molecule has 0 spiro atoms. The van der Waals surface area contributed by atoms with Gasteiger partial charge in [0, 0.05) is 32.7 Å². The Morgan fingerprint density at radius 3 is 2.61 bits per heavy atom. The molecule has 2 rings (SSSR count). The zero-order valence-corrected chi connectivity index (χ0v) is 10.8. The summed E-state index contributed by atoms with van der Waals surface area (Å²) in [6, 6.07) is 10.2. The summed E-state index contributed by atoms with van der Waals surface area (Å²) < 4.78 is 1.99. The van der Waals surface area contributed by atoms with Gasteiger partial charge in [-0.15, -0.1) is 10.2 Å². The van der Waals surface area contributed by atoms with Crippen molar-refractivity contribution in [2.24, 2.45) is 7.05 Å². The van der Waals surface area contributed by atoms with Crippen LogP contribution in [0.2, 0.25) is 0 Å². The minimum absolute atomic E-state index is 0.806. The van der Waals surface area contributed by atoms with Gasteiger partial charge in [0.1, 0.15) is 5.82 Å². The average Bonchev–Trinajstić information content (AvgIpc) is 2.77. The second-order valence-corrected chi connectivity index (χ2v) is 4.15. The number of aromatic nitrogens is 3. The largest absolute Gasteiger partial charge is 0.385 e. The second kappa shape index (κ2) is 6.05. The maximum absolute atomic E-state index is 4.15. The molecule has 0 atom stereocenters. The maximum atomic E-state index is 4.15. The van der Waals surface area contributed by atoms with Gasteiger partial charge in [-0.3, -0.25) is 0 Å². The maximum Gasteiger partial charge on any atom is 0.224 e. The molecule has 2 N–H and O–H groups in total.